The Labute approximate surface area is 98.7 Å². The van der Waals surface area contributed by atoms with Gasteiger partial charge >= 0.3 is 0 Å². The van der Waals surface area contributed by atoms with E-state index in [2.05, 4.69) is 29.1 Å². The van der Waals surface area contributed by atoms with Gasteiger partial charge in [0.05, 0.1) is 5.39 Å². The molecule has 0 aromatic carbocycles. The molecular formula is C11H15N3OS. The summed E-state index contributed by atoms with van der Waals surface area (Å²) in [6, 6.07) is 0. The summed E-state index contributed by atoms with van der Waals surface area (Å²) in [5.74, 6) is 0.696. The van der Waals surface area contributed by atoms with Gasteiger partial charge in [0.2, 0.25) is 5.88 Å². The van der Waals surface area contributed by atoms with Gasteiger partial charge in [-0.1, -0.05) is 0 Å². The van der Waals surface area contributed by atoms with Crippen molar-refractivity contribution >= 4 is 21.6 Å². The Bertz CT molecular complexity index is 495. The molecule has 0 bridgehead atoms. The fourth-order valence-electron chi connectivity index (χ4n) is 1.51. The van der Waals surface area contributed by atoms with Gasteiger partial charge in [0, 0.05) is 11.4 Å². The van der Waals surface area contributed by atoms with Crippen molar-refractivity contribution < 1.29 is 4.74 Å². The Morgan fingerprint density at radius 2 is 2.19 bits per heavy atom. The molecule has 0 aliphatic heterocycles. The second kappa shape index (κ2) is 4.76. The molecule has 2 rings (SSSR count). The fraction of sp³-hybridized carbons (Fsp3) is 0.455. The van der Waals surface area contributed by atoms with Crippen LogP contribution < -0.4 is 10.1 Å². The van der Waals surface area contributed by atoms with Gasteiger partial charge in [-0.2, -0.15) is 0 Å². The van der Waals surface area contributed by atoms with E-state index >= 15 is 0 Å². The lowest BCUT2D eigenvalue weighted by Crippen LogP contribution is -2.16. The van der Waals surface area contributed by atoms with Crippen LogP contribution in [0.5, 0.6) is 5.88 Å². The summed E-state index contributed by atoms with van der Waals surface area (Å²) in [6.07, 6.45) is 1.56. The monoisotopic (exact) mass is 237 g/mol. The zero-order valence-corrected chi connectivity index (χ0v) is 10.5. The Balaban J connectivity index is 2.36. The standard InChI is InChI=1S/C11H15N3OS/c1-7-8(2)16-11-9(7)10(13-6-14-11)15-5-4-12-3/h6,12H,4-5H2,1-3H3. The van der Waals surface area contributed by atoms with Crippen molar-refractivity contribution in [3.05, 3.63) is 16.8 Å². The molecule has 4 nitrogen and oxygen atoms in total. The highest BCUT2D eigenvalue weighted by Crippen LogP contribution is 2.33. The van der Waals surface area contributed by atoms with Gasteiger partial charge in [0.25, 0.3) is 0 Å². The molecule has 0 fully saturated rings. The minimum absolute atomic E-state index is 0.622. The van der Waals surface area contributed by atoms with E-state index in [1.807, 2.05) is 7.05 Å². The number of hydrogen-bond acceptors (Lipinski definition) is 5. The number of hydrogen-bond donors (Lipinski definition) is 1. The minimum atomic E-state index is 0.622. The highest BCUT2D eigenvalue weighted by Gasteiger charge is 2.12. The average molecular weight is 237 g/mol. The van der Waals surface area contributed by atoms with Crippen LogP contribution in [0, 0.1) is 13.8 Å². The molecule has 2 aromatic rings. The van der Waals surface area contributed by atoms with E-state index in [0.29, 0.717) is 12.5 Å². The summed E-state index contributed by atoms with van der Waals surface area (Å²) in [6.45, 7) is 5.62. The molecule has 0 amide bonds. The van der Waals surface area contributed by atoms with Crippen molar-refractivity contribution in [2.75, 3.05) is 20.2 Å². The highest BCUT2D eigenvalue weighted by atomic mass is 32.1. The topological polar surface area (TPSA) is 47.0 Å². The molecule has 2 aromatic heterocycles. The number of likely N-dealkylation sites (N-methyl/N-ethyl adjacent to an activating group) is 1. The van der Waals surface area contributed by atoms with Crippen molar-refractivity contribution in [1.29, 1.82) is 0 Å². The third-order valence-electron chi connectivity index (χ3n) is 2.52. The summed E-state index contributed by atoms with van der Waals surface area (Å²) in [5.41, 5.74) is 1.22. The fourth-order valence-corrected chi connectivity index (χ4v) is 2.50. The number of ether oxygens (including phenoxy) is 1. The maximum atomic E-state index is 5.65. The molecule has 0 radical (unpaired) electrons. The third kappa shape index (κ3) is 2.01. The molecule has 0 saturated heterocycles. The van der Waals surface area contributed by atoms with E-state index in [9.17, 15) is 0 Å². The number of aromatic nitrogens is 2. The maximum Gasteiger partial charge on any atom is 0.225 e. The van der Waals surface area contributed by atoms with E-state index in [1.54, 1.807) is 17.7 Å². The van der Waals surface area contributed by atoms with E-state index in [0.717, 1.165) is 16.8 Å². The summed E-state index contributed by atoms with van der Waals surface area (Å²) < 4.78 is 5.65. The Kier molecular flexibility index (Phi) is 3.36. The maximum absolute atomic E-state index is 5.65. The van der Waals surface area contributed by atoms with Crippen LogP contribution in [-0.2, 0) is 0 Å². The third-order valence-corrected chi connectivity index (χ3v) is 3.64. The highest BCUT2D eigenvalue weighted by molar-refractivity contribution is 7.18. The lowest BCUT2D eigenvalue weighted by molar-refractivity contribution is 0.310. The zero-order chi connectivity index (χ0) is 11.5. The Morgan fingerprint density at radius 3 is 2.94 bits per heavy atom. The first-order valence-corrected chi connectivity index (χ1v) is 6.03. The van der Waals surface area contributed by atoms with E-state index < -0.39 is 0 Å². The molecule has 0 spiro atoms. The van der Waals surface area contributed by atoms with E-state index in [4.69, 9.17) is 4.74 Å². The second-order valence-electron chi connectivity index (χ2n) is 3.59. The molecule has 2 heterocycles. The minimum Gasteiger partial charge on any atom is -0.476 e. The van der Waals surface area contributed by atoms with Gasteiger partial charge in [0.15, 0.2) is 0 Å². The van der Waals surface area contributed by atoms with E-state index in [1.165, 1.54) is 10.4 Å². The molecule has 0 aliphatic rings. The number of aryl methyl sites for hydroxylation is 2. The SMILES string of the molecule is CNCCOc1ncnc2sc(C)c(C)c12. The lowest BCUT2D eigenvalue weighted by Gasteiger charge is -2.05. The predicted octanol–water partition coefficient (Wildman–Crippen LogP) is 1.91. The van der Waals surface area contributed by atoms with Gasteiger partial charge in [-0.05, 0) is 26.5 Å². The largest absolute Gasteiger partial charge is 0.476 e. The Hall–Kier alpha value is -1.20. The molecule has 16 heavy (non-hydrogen) atoms. The van der Waals surface area contributed by atoms with Crippen LogP contribution >= 0.6 is 11.3 Å². The molecule has 5 heteroatoms. The lowest BCUT2D eigenvalue weighted by atomic mass is 10.2. The van der Waals surface area contributed by atoms with Crippen LogP contribution in [-0.4, -0.2) is 30.2 Å². The number of nitrogens with one attached hydrogen (secondary N) is 1. The van der Waals surface area contributed by atoms with Crippen LogP contribution in [0.4, 0.5) is 0 Å². The van der Waals surface area contributed by atoms with Gasteiger partial charge in [-0.3, -0.25) is 0 Å². The van der Waals surface area contributed by atoms with Crippen LogP contribution in [0.3, 0.4) is 0 Å². The number of rotatable bonds is 4. The normalized spacial score (nSPS) is 10.9. The van der Waals surface area contributed by atoms with Crippen molar-refractivity contribution in [1.82, 2.24) is 15.3 Å². The van der Waals surface area contributed by atoms with Crippen LogP contribution in [0.15, 0.2) is 6.33 Å². The van der Waals surface area contributed by atoms with Crippen molar-refractivity contribution in [3.63, 3.8) is 0 Å². The predicted molar refractivity (Wildman–Crippen MR) is 66.3 cm³/mol. The quantitative estimate of drug-likeness (QED) is 0.825. The van der Waals surface area contributed by atoms with Crippen molar-refractivity contribution in [2.45, 2.75) is 13.8 Å². The smallest absolute Gasteiger partial charge is 0.225 e. The van der Waals surface area contributed by atoms with E-state index in [-0.39, 0.29) is 0 Å². The van der Waals surface area contributed by atoms with Crippen molar-refractivity contribution in [3.8, 4) is 5.88 Å². The number of nitrogens with zero attached hydrogens (tertiary/aromatic N) is 2. The molecule has 1 N–H and O–H groups in total. The molecule has 0 unspecified atom stereocenters. The van der Waals surface area contributed by atoms with Crippen LogP contribution in [0.25, 0.3) is 10.2 Å². The first kappa shape index (κ1) is 11.3. The number of fused-ring (bicyclic) bond motifs is 1. The molecule has 86 valence electrons. The molecule has 0 aliphatic carbocycles. The van der Waals surface area contributed by atoms with Gasteiger partial charge in [-0.15, -0.1) is 11.3 Å². The first-order chi connectivity index (χ1) is 7.74. The van der Waals surface area contributed by atoms with Crippen LogP contribution in [0.1, 0.15) is 10.4 Å². The molecule has 0 atom stereocenters. The second-order valence-corrected chi connectivity index (χ2v) is 4.80. The summed E-state index contributed by atoms with van der Waals surface area (Å²) in [4.78, 5) is 10.7. The molecule has 0 saturated carbocycles. The van der Waals surface area contributed by atoms with Gasteiger partial charge < -0.3 is 10.1 Å². The number of thiophene rings is 1. The van der Waals surface area contributed by atoms with Crippen LogP contribution in [0.2, 0.25) is 0 Å². The van der Waals surface area contributed by atoms with Gasteiger partial charge in [-0.25, -0.2) is 9.97 Å². The summed E-state index contributed by atoms with van der Waals surface area (Å²) in [5, 5.41) is 4.10. The average Bonchev–Trinajstić information content (AvgIpc) is 2.56. The van der Waals surface area contributed by atoms with Gasteiger partial charge in [0.1, 0.15) is 17.8 Å². The zero-order valence-electron chi connectivity index (χ0n) is 9.70. The first-order valence-electron chi connectivity index (χ1n) is 5.22. The Morgan fingerprint density at radius 1 is 1.38 bits per heavy atom. The summed E-state index contributed by atoms with van der Waals surface area (Å²) in [7, 11) is 1.90. The summed E-state index contributed by atoms with van der Waals surface area (Å²) >= 11 is 1.69. The molecular weight excluding hydrogens is 222 g/mol. The van der Waals surface area contributed by atoms with Crippen molar-refractivity contribution in [2.24, 2.45) is 0 Å².